The van der Waals surface area contributed by atoms with Crippen molar-refractivity contribution < 1.29 is 4.79 Å². The van der Waals surface area contributed by atoms with Crippen LogP contribution in [0, 0.1) is 5.41 Å². The van der Waals surface area contributed by atoms with Gasteiger partial charge in [-0.25, -0.2) is 4.98 Å². The van der Waals surface area contributed by atoms with Crippen molar-refractivity contribution in [3.8, 4) is 0 Å². The monoisotopic (exact) mass is 299 g/mol. The summed E-state index contributed by atoms with van der Waals surface area (Å²) in [5.41, 5.74) is 6.40. The van der Waals surface area contributed by atoms with Gasteiger partial charge < -0.3 is 10.3 Å². The first-order valence-corrected chi connectivity index (χ1v) is 6.77. The number of hydrogen-bond donors (Lipinski definition) is 1. The molecule has 4 nitrogen and oxygen atoms in total. The smallest absolute Gasteiger partial charge is 0.224 e. The normalized spacial score (nSPS) is 12.0. The van der Waals surface area contributed by atoms with Crippen molar-refractivity contribution in [2.24, 2.45) is 11.1 Å². The molecule has 0 bridgehead atoms. The molecular formula is C13H15Cl2N3O. The van der Waals surface area contributed by atoms with Gasteiger partial charge in [0, 0.05) is 11.6 Å². The second-order valence-electron chi connectivity index (χ2n) is 5.13. The van der Waals surface area contributed by atoms with E-state index in [1.165, 1.54) is 0 Å². The molecule has 0 saturated carbocycles. The van der Waals surface area contributed by atoms with E-state index in [0.29, 0.717) is 17.4 Å². The highest BCUT2D eigenvalue weighted by Crippen LogP contribution is 2.26. The summed E-state index contributed by atoms with van der Waals surface area (Å²) in [5.74, 6) is 0.603. The lowest BCUT2D eigenvalue weighted by Gasteiger charge is -2.22. The average Bonchev–Trinajstić information content (AvgIpc) is 2.66. The number of hydrogen-bond acceptors (Lipinski definition) is 2. The molecular weight excluding hydrogens is 285 g/mol. The topological polar surface area (TPSA) is 60.9 Å². The number of nitrogens with two attached hydrogens (primary N) is 1. The van der Waals surface area contributed by atoms with Gasteiger partial charge in [0.05, 0.1) is 22.3 Å². The number of fused-ring (bicyclic) bond motifs is 1. The van der Waals surface area contributed by atoms with Crippen LogP contribution in [0.4, 0.5) is 0 Å². The van der Waals surface area contributed by atoms with E-state index in [0.717, 1.165) is 11.0 Å². The molecule has 0 radical (unpaired) electrons. The number of alkyl halides is 1. The van der Waals surface area contributed by atoms with Crippen molar-refractivity contribution in [3.05, 3.63) is 29.0 Å². The van der Waals surface area contributed by atoms with Crippen LogP contribution in [-0.4, -0.2) is 15.5 Å². The minimum atomic E-state index is -0.684. The Labute approximate surface area is 121 Å². The molecule has 0 atom stereocenters. The number of rotatable bonds is 4. The molecule has 1 heterocycles. The largest absolute Gasteiger partial charge is 0.369 e. The number of primary amides is 1. The Balaban J connectivity index is 2.57. The molecule has 2 N–H and O–H groups in total. The van der Waals surface area contributed by atoms with Crippen LogP contribution in [0.2, 0.25) is 5.02 Å². The Bertz CT molecular complexity index is 634. The van der Waals surface area contributed by atoms with E-state index in [9.17, 15) is 4.79 Å². The third kappa shape index (κ3) is 2.69. The number of halogens is 2. The summed E-state index contributed by atoms with van der Waals surface area (Å²) in [6.45, 7) is 4.01. The maximum atomic E-state index is 11.5. The van der Waals surface area contributed by atoms with Crippen LogP contribution in [0.3, 0.4) is 0 Å². The van der Waals surface area contributed by atoms with Crippen molar-refractivity contribution in [1.29, 1.82) is 0 Å². The van der Waals surface area contributed by atoms with Gasteiger partial charge in [0.25, 0.3) is 0 Å². The zero-order valence-corrected chi connectivity index (χ0v) is 12.3. The van der Waals surface area contributed by atoms with Gasteiger partial charge in [-0.2, -0.15) is 0 Å². The predicted molar refractivity (Wildman–Crippen MR) is 77.3 cm³/mol. The highest BCUT2D eigenvalue weighted by Gasteiger charge is 2.27. The van der Waals surface area contributed by atoms with Crippen LogP contribution in [0.15, 0.2) is 18.2 Å². The fourth-order valence-electron chi connectivity index (χ4n) is 1.90. The van der Waals surface area contributed by atoms with Crippen molar-refractivity contribution in [3.63, 3.8) is 0 Å². The average molecular weight is 300 g/mol. The molecule has 19 heavy (non-hydrogen) atoms. The van der Waals surface area contributed by atoms with Crippen molar-refractivity contribution >= 4 is 40.1 Å². The molecule has 1 aromatic carbocycles. The summed E-state index contributed by atoms with van der Waals surface area (Å²) in [5, 5.41) is 0.617. The van der Waals surface area contributed by atoms with E-state index in [4.69, 9.17) is 28.9 Å². The summed E-state index contributed by atoms with van der Waals surface area (Å²) >= 11 is 11.9. The molecule has 0 fully saturated rings. The standard InChI is InChI=1S/C13H15Cl2N3O/c1-13(2,12(16)19)7-18-10-5-8(15)3-4-9(10)17-11(18)6-14/h3-5H,6-7H2,1-2H3,(H2,16,19). The Morgan fingerprint density at radius 1 is 1.47 bits per heavy atom. The Hall–Kier alpha value is -1.26. The molecule has 0 spiro atoms. The zero-order valence-electron chi connectivity index (χ0n) is 10.8. The summed E-state index contributed by atoms with van der Waals surface area (Å²) < 4.78 is 1.90. The van der Waals surface area contributed by atoms with E-state index in [-0.39, 0.29) is 11.8 Å². The number of carbonyl (C=O) groups excluding carboxylic acids is 1. The Morgan fingerprint density at radius 2 is 2.16 bits per heavy atom. The Kier molecular flexibility index (Phi) is 3.74. The molecule has 1 amide bonds. The van der Waals surface area contributed by atoms with Gasteiger partial charge >= 0.3 is 0 Å². The van der Waals surface area contributed by atoms with Crippen LogP contribution >= 0.6 is 23.2 Å². The lowest BCUT2D eigenvalue weighted by atomic mass is 9.92. The molecule has 102 valence electrons. The van der Waals surface area contributed by atoms with Gasteiger partial charge in [-0.05, 0) is 32.0 Å². The van der Waals surface area contributed by atoms with Crippen molar-refractivity contribution in [2.45, 2.75) is 26.3 Å². The van der Waals surface area contributed by atoms with E-state index < -0.39 is 5.41 Å². The van der Waals surface area contributed by atoms with E-state index in [1.54, 1.807) is 19.9 Å². The molecule has 0 aliphatic rings. The fourth-order valence-corrected chi connectivity index (χ4v) is 2.27. The van der Waals surface area contributed by atoms with Gasteiger partial charge in [0.2, 0.25) is 5.91 Å². The van der Waals surface area contributed by atoms with Crippen LogP contribution in [0.1, 0.15) is 19.7 Å². The number of carbonyl (C=O) groups is 1. The second-order valence-corrected chi connectivity index (χ2v) is 5.83. The Morgan fingerprint density at radius 3 is 2.74 bits per heavy atom. The van der Waals surface area contributed by atoms with Gasteiger partial charge in [-0.15, -0.1) is 11.6 Å². The van der Waals surface area contributed by atoms with Crippen LogP contribution in [0.5, 0.6) is 0 Å². The lowest BCUT2D eigenvalue weighted by molar-refractivity contribution is -0.126. The van der Waals surface area contributed by atoms with Crippen LogP contribution < -0.4 is 5.73 Å². The minimum Gasteiger partial charge on any atom is -0.369 e. The quantitative estimate of drug-likeness (QED) is 0.882. The van der Waals surface area contributed by atoms with Crippen LogP contribution in [0.25, 0.3) is 11.0 Å². The first-order valence-electron chi connectivity index (χ1n) is 5.85. The van der Waals surface area contributed by atoms with E-state index in [1.807, 2.05) is 16.7 Å². The maximum Gasteiger partial charge on any atom is 0.224 e. The molecule has 1 aromatic heterocycles. The summed E-state index contributed by atoms with van der Waals surface area (Å²) in [6.07, 6.45) is 0. The fraction of sp³-hybridized carbons (Fsp3) is 0.385. The zero-order chi connectivity index (χ0) is 14.2. The van der Waals surface area contributed by atoms with Gasteiger partial charge in [-0.3, -0.25) is 4.79 Å². The minimum absolute atomic E-state index is 0.265. The number of nitrogens with zero attached hydrogens (tertiary/aromatic N) is 2. The van der Waals surface area contributed by atoms with Crippen molar-refractivity contribution in [1.82, 2.24) is 9.55 Å². The lowest BCUT2D eigenvalue weighted by Crippen LogP contribution is -2.35. The molecule has 0 aliphatic heterocycles. The van der Waals surface area contributed by atoms with E-state index in [2.05, 4.69) is 4.98 Å². The van der Waals surface area contributed by atoms with Gasteiger partial charge in [0.1, 0.15) is 5.82 Å². The third-order valence-corrected chi connectivity index (χ3v) is 3.60. The number of amides is 1. The SMILES string of the molecule is CC(C)(Cn1c(CCl)nc2ccc(Cl)cc21)C(N)=O. The number of benzene rings is 1. The molecule has 2 rings (SSSR count). The van der Waals surface area contributed by atoms with Gasteiger partial charge in [0.15, 0.2) is 0 Å². The summed E-state index contributed by atoms with van der Waals surface area (Å²) in [4.78, 5) is 15.9. The van der Waals surface area contributed by atoms with Gasteiger partial charge in [-0.1, -0.05) is 11.6 Å². The van der Waals surface area contributed by atoms with Crippen LogP contribution in [-0.2, 0) is 17.2 Å². The first-order chi connectivity index (χ1) is 8.85. The molecule has 6 heteroatoms. The molecule has 0 unspecified atom stereocenters. The van der Waals surface area contributed by atoms with E-state index >= 15 is 0 Å². The first kappa shape index (κ1) is 14.2. The highest BCUT2D eigenvalue weighted by atomic mass is 35.5. The highest BCUT2D eigenvalue weighted by molar-refractivity contribution is 6.31. The number of imidazole rings is 1. The second kappa shape index (κ2) is 5.02. The number of aromatic nitrogens is 2. The maximum absolute atomic E-state index is 11.5. The van der Waals surface area contributed by atoms with Crippen molar-refractivity contribution in [2.75, 3.05) is 0 Å². The predicted octanol–water partition coefficient (Wildman–Crippen LogP) is 2.94. The summed E-state index contributed by atoms with van der Waals surface area (Å²) in [7, 11) is 0. The molecule has 0 saturated heterocycles. The molecule has 0 aliphatic carbocycles. The molecule has 2 aromatic rings. The third-order valence-electron chi connectivity index (χ3n) is 3.13. The summed E-state index contributed by atoms with van der Waals surface area (Å²) in [6, 6.07) is 5.43.